The van der Waals surface area contributed by atoms with Crippen molar-refractivity contribution < 1.29 is 19.5 Å². The molecule has 1 aliphatic rings. The lowest BCUT2D eigenvalue weighted by molar-refractivity contribution is -0.137. The van der Waals surface area contributed by atoms with Crippen LogP contribution in [-0.4, -0.2) is 29.4 Å². The number of benzene rings is 2. The average molecular weight is 366 g/mol. The highest BCUT2D eigenvalue weighted by Gasteiger charge is 2.12. The van der Waals surface area contributed by atoms with Gasteiger partial charge in [0, 0.05) is 5.69 Å². The minimum Gasteiger partial charge on any atom is -0.480 e. The van der Waals surface area contributed by atoms with Crippen molar-refractivity contribution >= 4 is 23.5 Å². The number of carbonyl (C=O) groups excluding carboxylic acids is 2. The van der Waals surface area contributed by atoms with Crippen molar-refractivity contribution in [3.05, 3.63) is 64.7 Å². The molecule has 0 heterocycles. The number of carboxylic acid groups (broad SMARTS) is 1. The van der Waals surface area contributed by atoms with Crippen LogP contribution in [0, 0.1) is 0 Å². The molecule has 0 spiro atoms. The number of fused-ring (bicyclic) bond motifs is 1. The van der Waals surface area contributed by atoms with Crippen molar-refractivity contribution in [1.29, 1.82) is 0 Å². The van der Waals surface area contributed by atoms with E-state index in [4.69, 9.17) is 5.11 Å². The first kappa shape index (κ1) is 18.6. The summed E-state index contributed by atoms with van der Waals surface area (Å²) in [5.41, 5.74) is 5.17. The standard InChI is InChI=1S/C21H22N2O4/c24-19(22-13-21(26)27)11-14-5-8-18(9-6-14)23-20(25)12-15-4-7-16-2-1-3-17(16)10-15/h4-10H,1-3,11-13H2,(H,22,24)(H,23,25)(H,26,27). The molecule has 0 aliphatic heterocycles. The summed E-state index contributed by atoms with van der Waals surface area (Å²) in [5.74, 6) is -1.52. The summed E-state index contributed by atoms with van der Waals surface area (Å²) in [6.45, 7) is -0.393. The van der Waals surface area contributed by atoms with Gasteiger partial charge < -0.3 is 15.7 Å². The van der Waals surface area contributed by atoms with Crippen molar-refractivity contribution in [2.75, 3.05) is 11.9 Å². The number of hydrogen-bond acceptors (Lipinski definition) is 3. The van der Waals surface area contributed by atoms with Gasteiger partial charge in [0.25, 0.3) is 0 Å². The van der Waals surface area contributed by atoms with Crippen LogP contribution < -0.4 is 10.6 Å². The molecule has 0 saturated heterocycles. The molecule has 27 heavy (non-hydrogen) atoms. The van der Waals surface area contributed by atoms with E-state index in [9.17, 15) is 14.4 Å². The van der Waals surface area contributed by atoms with Gasteiger partial charge in [-0.15, -0.1) is 0 Å². The average Bonchev–Trinajstić information content (AvgIpc) is 3.09. The molecule has 2 aromatic rings. The highest BCUT2D eigenvalue weighted by molar-refractivity contribution is 5.92. The molecule has 6 heteroatoms. The van der Waals surface area contributed by atoms with Crippen LogP contribution in [0.15, 0.2) is 42.5 Å². The maximum atomic E-state index is 12.3. The number of carbonyl (C=O) groups is 3. The molecule has 0 radical (unpaired) electrons. The normalized spacial score (nSPS) is 12.3. The highest BCUT2D eigenvalue weighted by Crippen LogP contribution is 2.23. The zero-order valence-electron chi connectivity index (χ0n) is 15.0. The van der Waals surface area contributed by atoms with Gasteiger partial charge in [0.2, 0.25) is 11.8 Å². The van der Waals surface area contributed by atoms with Gasteiger partial charge in [-0.1, -0.05) is 30.3 Å². The number of amides is 2. The van der Waals surface area contributed by atoms with Crippen LogP contribution in [0.1, 0.15) is 28.7 Å². The van der Waals surface area contributed by atoms with Gasteiger partial charge in [0.05, 0.1) is 12.8 Å². The van der Waals surface area contributed by atoms with Crippen LogP contribution in [0.3, 0.4) is 0 Å². The predicted octanol–water partition coefficient (Wildman–Crippen LogP) is 2.10. The minimum absolute atomic E-state index is 0.0834. The van der Waals surface area contributed by atoms with Crippen molar-refractivity contribution in [2.45, 2.75) is 32.1 Å². The molecule has 0 fully saturated rings. The second-order valence-corrected chi connectivity index (χ2v) is 6.73. The highest BCUT2D eigenvalue weighted by atomic mass is 16.4. The maximum Gasteiger partial charge on any atom is 0.322 e. The molecule has 0 saturated carbocycles. The van der Waals surface area contributed by atoms with E-state index in [2.05, 4.69) is 22.8 Å². The monoisotopic (exact) mass is 366 g/mol. The first-order chi connectivity index (χ1) is 13.0. The van der Waals surface area contributed by atoms with Gasteiger partial charge in [0.1, 0.15) is 6.54 Å². The van der Waals surface area contributed by atoms with E-state index >= 15 is 0 Å². The number of carboxylic acids is 1. The van der Waals surface area contributed by atoms with Gasteiger partial charge in [-0.25, -0.2) is 0 Å². The van der Waals surface area contributed by atoms with Crippen LogP contribution in [0.25, 0.3) is 0 Å². The second-order valence-electron chi connectivity index (χ2n) is 6.73. The first-order valence-electron chi connectivity index (χ1n) is 8.97. The molecule has 0 unspecified atom stereocenters. The summed E-state index contributed by atoms with van der Waals surface area (Å²) in [6, 6.07) is 13.2. The summed E-state index contributed by atoms with van der Waals surface area (Å²) in [7, 11) is 0. The van der Waals surface area contributed by atoms with E-state index in [-0.39, 0.29) is 18.2 Å². The van der Waals surface area contributed by atoms with Crippen molar-refractivity contribution in [1.82, 2.24) is 5.32 Å². The number of aryl methyl sites for hydroxylation is 2. The summed E-state index contributed by atoms with van der Waals surface area (Å²) >= 11 is 0. The van der Waals surface area contributed by atoms with Gasteiger partial charge >= 0.3 is 5.97 Å². The second kappa shape index (κ2) is 8.49. The number of anilines is 1. The smallest absolute Gasteiger partial charge is 0.322 e. The molecule has 1 aliphatic carbocycles. The number of rotatable bonds is 7. The fourth-order valence-electron chi connectivity index (χ4n) is 3.25. The lowest BCUT2D eigenvalue weighted by atomic mass is 10.0. The van der Waals surface area contributed by atoms with Crippen LogP contribution >= 0.6 is 0 Å². The Balaban J connectivity index is 1.51. The molecule has 2 amide bonds. The Kier molecular flexibility index (Phi) is 5.86. The zero-order valence-corrected chi connectivity index (χ0v) is 15.0. The first-order valence-corrected chi connectivity index (χ1v) is 8.97. The molecule has 3 rings (SSSR count). The van der Waals surface area contributed by atoms with E-state index < -0.39 is 12.5 Å². The van der Waals surface area contributed by atoms with Crippen LogP contribution in [-0.2, 0) is 40.1 Å². The van der Waals surface area contributed by atoms with E-state index in [0.717, 1.165) is 24.0 Å². The summed E-state index contributed by atoms with van der Waals surface area (Å²) in [5, 5.41) is 13.7. The Hall–Kier alpha value is -3.15. The van der Waals surface area contributed by atoms with Crippen LogP contribution in [0.2, 0.25) is 0 Å². The third kappa shape index (κ3) is 5.41. The molecular formula is C21H22N2O4. The topological polar surface area (TPSA) is 95.5 Å². The molecule has 140 valence electrons. The lowest BCUT2D eigenvalue weighted by Gasteiger charge is -2.08. The van der Waals surface area contributed by atoms with E-state index in [1.165, 1.54) is 17.5 Å². The summed E-state index contributed by atoms with van der Waals surface area (Å²) in [4.78, 5) is 34.3. The number of hydrogen-bond donors (Lipinski definition) is 3. The van der Waals surface area contributed by atoms with E-state index in [1.54, 1.807) is 24.3 Å². The third-order valence-corrected chi connectivity index (χ3v) is 4.57. The van der Waals surface area contributed by atoms with Crippen molar-refractivity contribution in [3.63, 3.8) is 0 Å². The van der Waals surface area contributed by atoms with Crippen molar-refractivity contribution in [2.24, 2.45) is 0 Å². The Labute approximate surface area is 157 Å². The van der Waals surface area contributed by atoms with Crippen molar-refractivity contribution in [3.8, 4) is 0 Å². The van der Waals surface area contributed by atoms with Gasteiger partial charge in [-0.2, -0.15) is 0 Å². The molecule has 2 aromatic carbocycles. The van der Waals surface area contributed by atoms with Gasteiger partial charge in [-0.3, -0.25) is 14.4 Å². The molecule has 0 bridgehead atoms. The quantitative estimate of drug-likeness (QED) is 0.699. The Bertz CT molecular complexity index is 859. The zero-order chi connectivity index (χ0) is 19.2. The van der Waals surface area contributed by atoms with E-state index in [1.807, 2.05) is 6.07 Å². The van der Waals surface area contributed by atoms with Gasteiger partial charge in [-0.05, 0) is 53.6 Å². The number of aliphatic carboxylic acids is 1. The van der Waals surface area contributed by atoms with Gasteiger partial charge in [0.15, 0.2) is 0 Å². The lowest BCUT2D eigenvalue weighted by Crippen LogP contribution is -2.30. The molecule has 6 nitrogen and oxygen atoms in total. The maximum absolute atomic E-state index is 12.3. The predicted molar refractivity (Wildman–Crippen MR) is 102 cm³/mol. The SMILES string of the molecule is O=C(O)CNC(=O)Cc1ccc(NC(=O)Cc2ccc3c(c2)CCC3)cc1. The third-order valence-electron chi connectivity index (χ3n) is 4.57. The summed E-state index contributed by atoms with van der Waals surface area (Å²) in [6.07, 6.45) is 3.82. The molecule has 3 N–H and O–H groups in total. The Morgan fingerprint density at radius 3 is 2.26 bits per heavy atom. The van der Waals surface area contributed by atoms with E-state index in [0.29, 0.717) is 12.1 Å². The van der Waals surface area contributed by atoms with Crippen LogP contribution in [0.4, 0.5) is 5.69 Å². The minimum atomic E-state index is -1.08. The molecular weight excluding hydrogens is 344 g/mol. The summed E-state index contributed by atoms with van der Waals surface area (Å²) < 4.78 is 0. The largest absolute Gasteiger partial charge is 0.480 e. The Morgan fingerprint density at radius 2 is 1.52 bits per heavy atom. The van der Waals surface area contributed by atoms with Crippen LogP contribution in [0.5, 0.6) is 0 Å². The number of nitrogens with one attached hydrogen (secondary N) is 2. The fraction of sp³-hybridized carbons (Fsp3) is 0.286. The molecule has 0 aromatic heterocycles. The fourth-order valence-corrected chi connectivity index (χ4v) is 3.25. The molecule has 0 atom stereocenters. The Morgan fingerprint density at radius 1 is 0.852 bits per heavy atom.